The Labute approximate surface area is 124 Å². The van der Waals surface area contributed by atoms with E-state index >= 15 is 0 Å². The summed E-state index contributed by atoms with van der Waals surface area (Å²) in [7, 11) is 1.68. The zero-order valence-corrected chi connectivity index (χ0v) is 12.6. The van der Waals surface area contributed by atoms with Crippen LogP contribution in [0.4, 0.5) is 0 Å². The van der Waals surface area contributed by atoms with E-state index in [1.807, 2.05) is 44.2 Å². The van der Waals surface area contributed by atoms with Crippen molar-refractivity contribution in [2.75, 3.05) is 13.7 Å². The zero-order valence-electron chi connectivity index (χ0n) is 12.6. The number of hydrogen-bond acceptors (Lipinski definition) is 4. The minimum absolute atomic E-state index is 0.0470. The van der Waals surface area contributed by atoms with Crippen LogP contribution in [-0.2, 0) is 4.74 Å². The molecular weight excluding hydrogens is 266 g/mol. The highest BCUT2D eigenvalue weighted by molar-refractivity contribution is 6.00. The van der Waals surface area contributed by atoms with Crippen LogP contribution >= 0.6 is 0 Å². The third-order valence-electron chi connectivity index (χ3n) is 3.47. The summed E-state index contributed by atoms with van der Waals surface area (Å²) in [5, 5.41) is 8.62. The summed E-state index contributed by atoms with van der Waals surface area (Å²) in [6, 6.07) is 9.52. The second-order valence-corrected chi connectivity index (χ2v) is 5.51. The molecular formula is C16H21N3O2. The normalized spacial score (nSPS) is 11.6. The number of fused-ring (bicyclic) bond motifs is 1. The molecule has 0 spiro atoms. The third-order valence-corrected chi connectivity index (χ3v) is 3.47. The Morgan fingerprint density at radius 3 is 2.71 bits per heavy atom. The number of ether oxygens (including phenoxy) is 2. The Morgan fingerprint density at radius 2 is 2.05 bits per heavy atom. The summed E-state index contributed by atoms with van der Waals surface area (Å²) in [5.74, 6) is 0.349. The highest BCUT2D eigenvalue weighted by Crippen LogP contribution is 2.23. The van der Waals surface area contributed by atoms with Crippen LogP contribution in [0.5, 0.6) is 5.88 Å². The fourth-order valence-electron chi connectivity index (χ4n) is 1.90. The quantitative estimate of drug-likeness (QED) is 0.632. The molecule has 0 saturated heterocycles. The second kappa shape index (κ2) is 6.10. The number of rotatable bonds is 6. The van der Waals surface area contributed by atoms with Crippen molar-refractivity contribution in [3.63, 3.8) is 0 Å². The molecule has 0 aliphatic rings. The van der Waals surface area contributed by atoms with Crippen molar-refractivity contribution >= 4 is 16.7 Å². The second-order valence-electron chi connectivity index (χ2n) is 5.51. The van der Waals surface area contributed by atoms with Crippen molar-refractivity contribution < 1.29 is 9.47 Å². The Morgan fingerprint density at radius 1 is 1.33 bits per heavy atom. The van der Waals surface area contributed by atoms with Crippen molar-refractivity contribution in [2.45, 2.75) is 25.9 Å². The number of nitrogen functional groups attached to an aromatic ring is 1. The van der Waals surface area contributed by atoms with E-state index in [-0.39, 0.29) is 11.4 Å². The van der Waals surface area contributed by atoms with Gasteiger partial charge < -0.3 is 15.2 Å². The van der Waals surface area contributed by atoms with E-state index in [1.54, 1.807) is 7.11 Å². The van der Waals surface area contributed by atoms with Crippen LogP contribution in [0.2, 0.25) is 0 Å². The first kappa shape index (κ1) is 15.3. The topological polar surface area (TPSA) is 81.2 Å². The molecule has 1 heterocycles. The molecule has 0 radical (unpaired) electrons. The molecule has 21 heavy (non-hydrogen) atoms. The van der Waals surface area contributed by atoms with Gasteiger partial charge in [-0.3, -0.25) is 5.41 Å². The predicted octanol–water partition coefficient (Wildman–Crippen LogP) is 2.71. The summed E-state index contributed by atoms with van der Waals surface area (Å²) < 4.78 is 11.1. The monoisotopic (exact) mass is 287 g/mol. The molecule has 112 valence electrons. The van der Waals surface area contributed by atoms with E-state index < -0.39 is 0 Å². The van der Waals surface area contributed by atoms with E-state index in [2.05, 4.69) is 4.98 Å². The minimum atomic E-state index is -0.257. The Bertz CT molecular complexity index is 653. The maximum Gasteiger partial charge on any atom is 0.225 e. The number of nitrogens with zero attached hydrogens (tertiary/aromatic N) is 1. The van der Waals surface area contributed by atoms with Gasteiger partial charge in [-0.2, -0.15) is 0 Å². The molecule has 0 saturated carbocycles. The van der Waals surface area contributed by atoms with E-state index in [9.17, 15) is 0 Å². The Kier molecular flexibility index (Phi) is 4.43. The number of methoxy groups -OCH3 is 1. The lowest BCUT2D eigenvalue weighted by atomic mass is 10.1. The van der Waals surface area contributed by atoms with Crippen LogP contribution in [0.25, 0.3) is 10.9 Å². The summed E-state index contributed by atoms with van der Waals surface area (Å²) in [6.45, 7) is 4.44. The maximum atomic E-state index is 7.68. The van der Waals surface area contributed by atoms with Gasteiger partial charge in [0.2, 0.25) is 5.88 Å². The van der Waals surface area contributed by atoms with Crippen molar-refractivity contribution in [2.24, 2.45) is 5.73 Å². The van der Waals surface area contributed by atoms with Crippen LogP contribution in [0.15, 0.2) is 30.3 Å². The van der Waals surface area contributed by atoms with E-state index in [1.165, 1.54) is 0 Å². The minimum Gasteiger partial charge on any atom is -0.477 e. The van der Waals surface area contributed by atoms with Crippen molar-refractivity contribution in [1.82, 2.24) is 4.98 Å². The smallest absolute Gasteiger partial charge is 0.225 e. The summed E-state index contributed by atoms with van der Waals surface area (Å²) in [5.41, 5.74) is 6.71. The first-order chi connectivity index (χ1) is 9.93. The number of para-hydroxylation sites is 1. The fourth-order valence-corrected chi connectivity index (χ4v) is 1.90. The van der Waals surface area contributed by atoms with Gasteiger partial charge in [-0.25, -0.2) is 4.98 Å². The number of nitrogens with two attached hydrogens (primary N) is 1. The van der Waals surface area contributed by atoms with E-state index in [0.717, 1.165) is 17.3 Å². The number of pyridine rings is 1. The number of nitrogens with one attached hydrogen (secondary N) is 1. The molecule has 0 bridgehead atoms. The zero-order chi connectivity index (χ0) is 15.5. The van der Waals surface area contributed by atoms with Gasteiger partial charge in [0.1, 0.15) is 5.84 Å². The lowest BCUT2D eigenvalue weighted by Gasteiger charge is -2.22. The van der Waals surface area contributed by atoms with Crippen LogP contribution in [0, 0.1) is 5.41 Å². The number of hydrogen-bond donors (Lipinski definition) is 2. The first-order valence-corrected chi connectivity index (χ1v) is 6.85. The van der Waals surface area contributed by atoms with Crippen LogP contribution in [0.3, 0.4) is 0 Å². The van der Waals surface area contributed by atoms with Gasteiger partial charge >= 0.3 is 0 Å². The highest BCUT2D eigenvalue weighted by atomic mass is 16.5. The molecule has 0 atom stereocenters. The van der Waals surface area contributed by atoms with Gasteiger partial charge in [-0.15, -0.1) is 0 Å². The molecule has 2 rings (SSSR count). The molecule has 0 fully saturated rings. The van der Waals surface area contributed by atoms with Crippen molar-refractivity contribution in [1.29, 1.82) is 5.41 Å². The van der Waals surface area contributed by atoms with Crippen LogP contribution in [0.1, 0.15) is 25.8 Å². The molecule has 1 aromatic carbocycles. The molecule has 5 heteroatoms. The summed E-state index contributed by atoms with van der Waals surface area (Å²) in [4.78, 5) is 4.46. The molecule has 2 aromatic rings. The van der Waals surface area contributed by atoms with Crippen molar-refractivity contribution in [3.05, 3.63) is 35.9 Å². The number of benzene rings is 1. The number of aromatic nitrogens is 1. The van der Waals surface area contributed by atoms with Crippen LogP contribution in [-0.4, -0.2) is 30.1 Å². The SMILES string of the molecule is COC(C)(C)CCOc1nc2ccccc2cc1C(=N)N. The standard InChI is InChI=1S/C16H21N3O2/c1-16(2,20-3)8-9-21-15-12(14(17)18)10-11-6-4-5-7-13(11)19-15/h4-7,10H,8-9H2,1-3H3,(H3,17,18). The third kappa shape index (κ3) is 3.70. The predicted molar refractivity (Wildman–Crippen MR) is 84.0 cm³/mol. The Balaban J connectivity index is 2.25. The van der Waals surface area contributed by atoms with Crippen molar-refractivity contribution in [3.8, 4) is 5.88 Å². The highest BCUT2D eigenvalue weighted by Gasteiger charge is 2.17. The largest absolute Gasteiger partial charge is 0.477 e. The molecule has 0 unspecified atom stereocenters. The summed E-state index contributed by atoms with van der Waals surface area (Å²) >= 11 is 0. The first-order valence-electron chi connectivity index (χ1n) is 6.85. The summed E-state index contributed by atoms with van der Waals surface area (Å²) in [6.07, 6.45) is 0.718. The molecule has 0 aliphatic heterocycles. The van der Waals surface area contributed by atoms with Gasteiger partial charge in [0.05, 0.1) is 23.3 Å². The average Bonchev–Trinajstić information content (AvgIpc) is 2.46. The molecule has 1 aromatic heterocycles. The van der Waals surface area contributed by atoms with E-state index in [0.29, 0.717) is 18.1 Å². The molecule has 5 nitrogen and oxygen atoms in total. The van der Waals surface area contributed by atoms with Gasteiger partial charge in [0.15, 0.2) is 0 Å². The van der Waals surface area contributed by atoms with Gasteiger partial charge in [0, 0.05) is 18.9 Å². The van der Waals surface area contributed by atoms with Gasteiger partial charge in [-0.05, 0) is 26.0 Å². The van der Waals surface area contributed by atoms with Crippen LogP contribution < -0.4 is 10.5 Å². The van der Waals surface area contributed by atoms with E-state index in [4.69, 9.17) is 20.6 Å². The lowest BCUT2D eigenvalue weighted by molar-refractivity contribution is 0.00510. The average molecular weight is 287 g/mol. The lowest BCUT2D eigenvalue weighted by Crippen LogP contribution is -2.25. The molecule has 0 aliphatic carbocycles. The van der Waals surface area contributed by atoms with Gasteiger partial charge in [-0.1, -0.05) is 18.2 Å². The molecule has 0 amide bonds. The molecule has 3 N–H and O–H groups in total. The van der Waals surface area contributed by atoms with Gasteiger partial charge in [0.25, 0.3) is 0 Å². The number of amidine groups is 1. The Hall–Kier alpha value is -2.14. The fraction of sp³-hybridized carbons (Fsp3) is 0.375. The maximum absolute atomic E-state index is 7.68.